The van der Waals surface area contributed by atoms with Crippen LogP contribution in [0.1, 0.15) is 20.3 Å². The van der Waals surface area contributed by atoms with Gasteiger partial charge >= 0.3 is 0 Å². The summed E-state index contributed by atoms with van der Waals surface area (Å²) >= 11 is 7.01. The van der Waals surface area contributed by atoms with E-state index in [0.29, 0.717) is 0 Å². The van der Waals surface area contributed by atoms with Crippen LogP contribution in [0.15, 0.2) is 45.3 Å². The van der Waals surface area contributed by atoms with Crippen LogP contribution >= 0.6 is 31.9 Å². The molecule has 4 nitrogen and oxygen atoms in total. The second-order valence-corrected chi connectivity index (χ2v) is 7.39. The molecule has 2 rings (SSSR count). The average molecular weight is 474 g/mol. The molecule has 0 amide bonds. The third-order valence-corrected chi connectivity index (χ3v) is 4.84. The predicted octanol–water partition coefficient (Wildman–Crippen LogP) is 5.85. The van der Waals surface area contributed by atoms with E-state index in [4.69, 9.17) is 18.9 Å². The van der Waals surface area contributed by atoms with Gasteiger partial charge in [-0.15, -0.1) is 0 Å². The summed E-state index contributed by atoms with van der Waals surface area (Å²) in [5, 5.41) is 0. The number of methoxy groups -OCH3 is 2. The highest BCUT2D eigenvalue weighted by molar-refractivity contribution is 9.10. The van der Waals surface area contributed by atoms with Gasteiger partial charge in [-0.05, 0) is 82.1 Å². The zero-order valence-corrected chi connectivity index (χ0v) is 17.9. The van der Waals surface area contributed by atoms with Crippen molar-refractivity contribution < 1.29 is 18.9 Å². The van der Waals surface area contributed by atoms with Gasteiger partial charge in [-0.2, -0.15) is 0 Å². The molecule has 0 aromatic heterocycles. The largest absolute Gasteiger partial charge is 0.497 e. The first-order chi connectivity index (χ1) is 11.9. The molecule has 0 aliphatic carbocycles. The first-order valence-electron chi connectivity index (χ1n) is 7.93. The van der Waals surface area contributed by atoms with E-state index in [0.717, 1.165) is 38.4 Å². The number of ether oxygens (including phenoxy) is 4. The molecule has 0 heterocycles. The van der Waals surface area contributed by atoms with Crippen molar-refractivity contribution in [3.63, 3.8) is 0 Å². The van der Waals surface area contributed by atoms with E-state index in [1.807, 2.05) is 50.2 Å². The topological polar surface area (TPSA) is 36.9 Å². The van der Waals surface area contributed by atoms with Crippen LogP contribution in [0, 0.1) is 0 Å². The Labute approximate surface area is 165 Å². The zero-order valence-electron chi connectivity index (χ0n) is 14.7. The van der Waals surface area contributed by atoms with Crippen molar-refractivity contribution in [2.45, 2.75) is 32.5 Å². The van der Waals surface area contributed by atoms with Crippen molar-refractivity contribution in [3.05, 3.63) is 45.3 Å². The molecule has 1 unspecified atom stereocenters. The maximum Gasteiger partial charge on any atom is 0.134 e. The molecule has 25 heavy (non-hydrogen) atoms. The second-order valence-electron chi connectivity index (χ2n) is 5.69. The van der Waals surface area contributed by atoms with Crippen LogP contribution in [-0.2, 0) is 0 Å². The molecule has 0 bridgehead atoms. The van der Waals surface area contributed by atoms with Gasteiger partial charge in [0.25, 0.3) is 0 Å². The van der Waals surface area contributed by atoms with Gasteiger partial charge in [0.2, 0.25) is 0 Å². The van der Waals surface area contributed by atoms with E-state index >= 15 is 0 Å². The summed E-state index contributed by atoms with van der Waals surface area (Å²) in [6.07, 6.45) is 0.741. The number of rotatable bonds is 8. The molecule has 136 valence electrons. The molecule has 2 aromatic rings. The third-order valence-electron chi connectivity index (χ3n) is 3.60. The summed E-state index contributed by atoms with van der Waals surface area (Å²) in [6, 6.07) is 11.3. The van der Waals surface area contributed by atoms with Gasteiger partial charge in [0, 0.05) is 6.42 Å². The highest BCUT2D eigenvalue weighted by Gasteiger charge is 2.15. The summed E-state index contributed by atoms with van der Waals surface area (Å²) < 4.78 is 24.1. The maximum atomic E-state index is 6.01. The van der Waals surface area contributed by atoms with Crippen molar-refractivity contribution in [1.82, 2.24) is 0 Å². The van der Waals surface area contributed by atoms with E-state index in [9.17, 15) is 0 Å². The standard InChI is InChI=1S/C19H22Br2O4/c1-12(24-18-7-5-14(22-3)10-16(18)20)9-13(2)25-19-8-6-15(23-4)11-17(19)21/h5-8,10-13H,9H2,1-4H3/t12-,13?/m0/s1. The number of hydrogen-bond acceptors (Lipinski definition) is 4. The first-order valence-corrected chi connectivity index (χ1v) is 9.52. The average Bonchev–Trinajstić information content (AvgIpc) is 2.58. The Kier molecular flexibility index (Phi) is 7.44. The molecular formula is C19H22Br2O4. The lowest BCUT2D eigenvalue weighted by atomic mass is 10.2. The summed E-state index contributed by atoms with van der Waals surface area (Å²) in [4.78, 5) is 0. The molecule has 2 aromatic carbocycles. The fourth-order valence-corrected chi connectivity index (χ4v) is 3.31. The molecule has 0 aliphatic heterocycles. The third kappa shape index (κ3) is 5.82. The normalized spacial score (nSPS) is 13.0. The van der Waals surface area contributed by atoms with E-state index in [1.54, 1.807) is 14.2 Å². The monoisotopic (exact) mass is 472 g/mol. The van der Waals surface area contributed by atoms with E-state index in [2.05, 4.69) is 31.9 Å². The van der Waals surface area contributed by atoms with E-state index in [1.165, 1.54) is 0 Å². The predicted molar refractivity (Wildman–Crippen MR) is 106 cm³/mol. The maximum absolute atomic E-state index is 6.01. The lowest BCUT2D eigenvalue weighted by Crippen LogP contribution is -2.23. The molecule has 0 spiro atoms. The molecule has 0 saturated heterocycles. The van der Waals surface area contributed by atoms with Gasteiger partial charge < -0.3 is 18.9 Å². The Morgan fingerprint density at radius 2 is 1.16 bits per heavy atom. The minimum atomic E-state index is -0.00304. The zero-order chi connectivity index (χ0) is 18.4. The minimum absolute atomic E-state index is 0.00304. The van der Waals surface area contributed by atoms with E-state index < -0.39 is 0 Å². The summed E-state index contributed by atoms with van der Waals surface area (Å²) in [7, 11) is 3.28. The number of halogens is 2. The van der Waals surface area contributed by atoms with Crippen molar-refractivity contribution >= 4 is 31.9 Å². The van der Waals surface area contributed by atoms with Crippen molar-refractivity contribution in [2.75, 3.05) is 14.2 Å². The molecule has 0 radical (unpaired) electrons. The summed E-state index contributed by atoms with van der Waals surface area (Å²) in [6.45, 7) is 4.05. The summed E-state index contributed by atoms with van der Waals surface area (Å²) in [5.41, 5.74) is 0. The van der Waals surface area contributed by atoms with Gasteiger partial charge in [-0.25, -0.2) is 0 Å². The Balaban J connectivity index is 1.92. The minimum Gasteiger partial charge on any atom is -0.497 e. The molecule has 0 saturated carbocycles. The molecule has 6 heteroatoms. The van der Waals surface area contributed by atoms with Crippen LogP contribution in [0.4, 0.5) is 0 Å². The highest BCUT2D eigenvalue weighted by atomic mass is 79.9. The Morgan fingerprint density at radius 1 is 0.760 bits per heavy atom. The van der Waals surface area contributed by atoms with Crippen molar-refractivity contribution in [2.24, 2.45) is 0 Å². The smallest absolute Gasteiger partial charge is 0.134 e. The lowest BCUT2D eigenvalue weighted by molar-refractivity contribution is 0.129. The SMILES string of the molecule is COc1ccc(OC(C)C[C@H](C)Oc2ccc(OC)cc2Br)c(Br)c1. The first kappa shape index (κ1) is 19.9. The van der Waals surface area contributed by atoms with Crippen LogP contribution < -0.4 is 18.9 Å². The van der Waals surface area contributed by atoms with Crippen LogP contribution in [-0.4, -0.2) is 26.4 Å². The molecule has 0 N–H and O–H groups in total. The number of benzene rings is 2. The van der Waals surface area contributed by atoms with Crippen molar-refractivity contribution in [3.8, 4) is 23.0 Å². The van der Waals surface area contributed by atoms with Gasteiger partial charge in [0.05, 0.1) is 35.4 Å². The van der Waals surface area contributed by atoms with Gasteiger partial charge in [-0.3, -0.25) is 0 Å². The second kappa shape index (κ2) is 9.34. The van der Waals surface area contributed by atoms with Crippen molar-refractivity contribution in [1.29, 1.82) is 0 Å². The Hall–Kier alpha value is -1.40. The number of hydrogen-bond donors (Lipinski definition) is 0. The molecule has 2 atom stereocenters. The van der Waals surface area contributed by atoms with Gasteiger partial charge in [0.1, 0.15) is 23.0 Å². The quantitative estimate of drug-likeness (QED) is 0.481. The highest BCUT2D eigenvalue weighted by Crippen LogP contribution is 2.32. The molecule has 0 aliphatic rings. The Morgan fingerprint density at radius 3 is 1.48 bits per heavy atom. The van der Waals surface area contributed by atoms with Crippen LogP contribution in [0.25, 0.3) is 0 Å². The van der Waals surface area contributed by atoms with Crippen LogP contribution in [0.2, 0.25) is 0 Å². The fourth-order valence-electron chi connectivity index (χ4n) is 2.41. The molecular weight excluding hydrogens is 452 g/mol. The van der Waals surface area contributed by atoms with E-state index in [-0.39, 0.29) is 12.2 Å². The summed E-state index contributed by atoms with van der Waals surface area (Å²) in [5.74, 6) is 3.14. The fraction of sp³-hybridized carbons (Fsp3) is 0.368. The van der Waals surface area contributed by atoms with Gasteiger partial charge in [0.15, 0.2) is 0 Å². The van der Waals surface area contributed by atoms with Gasteiger partial charge in [-0.1, -0.05) is 0 Å². The lowest BCUT2D eigenvalue weighted by Gasteiger charge is -2.21. The van der Waals surface area contributed by atoms with Crippen LogP contribution in [0.5, 0.6) is 23.0 Å². The molecule has 0 fully saturated rings. The Bertz CT molecular complexity index is 646. The van der Waals surface area contributed by atoms with Crippen LogP contribution in [0.3, 0.4) is 0 Å².